The number of nitrogens with zero attached hydrogens (tertiary/aromatic N) is 4. The Morgan fingerprint density at radius 3 is 2.69 bits per heavy atom. The van der Waals surface area contributed by atoms with Crippen LogP contribution in [0.5, 0.6) is 0 Å². The third kappa shape index (κ3) is 4.65. The zero-order chi connectivity index (χ0) is 22.9. The molecule has 32 heavy (non-hydrogen) atoms. The first-order valence-electron chi connectivity index (χ1n) is 10.4. The van der Waals surface area contributed by atoms with E-state index in [1.54, 1.807) is 24.3 Å². The Morgan fingerprint density at radius 2 is 2.03 bits per heavy atom. The van der Waals surface area contributed by atoms with Gasteiger partial charge in [-0.3, -0.25) is 9.69 Å². The number of sulfonamides is 1. The topological polar surface area (TPSA) is 113 Å². The molecule has 0 bridgehead atoms. The number of aryl methyl sites for hydroxylation is 1. The Balaban J connectivity index is 1.36. The van der Waals surface area contributed by atoms with E-state index in [4.69, 9.17) is 10.3 Å². The highest BCUT2D eigenvalue weighted by molar-refractivity contribution is 7.91. The highest BCUT2D eigenvalue weighted by atomic mass is 32.2. The summed E-state index contributed by atoms with van der Waals surface area (Å²) < 4.78 is 33.3. The van der Waals surface area contributed by atoms with Crippen LogP contribution in [-0.2, 0) is 14.8 Å². The van der Waals surface area contributed by atoms with Gasteiger partial charge < -0.3 is 15.2 Å². The summed E-state index contributed by atoms with van der Waals surface area (Å²) in [6.07, 6.45) is 7.38. The maximum atomic E-state index is 13.1. The lowest BCUT2D eigenvalue weighted by molar-refractivity contribution is -0.121. The number of primary amides is 1. The Hall–Kier alpha value is -2.47. The van der Waals surface area contributed by atoms with E-state index >= 15 is 0 Å². The number of thiophene rings is 1. The molecule has 0 radical (unpaired) electrons. The van der Waals surface area contributed by atoms with Gasteiger partial charge in [0.25, 0.3) is 10.0 Å². The van der Waals surface area contributed by atoms with E-state index in [1.807, 2.05) is 37.1 Å². The number of hydrogen-bond donors (Lipinski definition) is 1. The first-order chi connectivity index (χ1) is 15.3. The Morgan fingerprint density at radius 1 is 1.28 bits per heavy atom. The zero-order valence-electron chi connectivity index (χ0n) is 18.0. The van der Waals surface area contributed by atoms with Gasteiger partial charge in [0.1, 0.15) is 10.3 Å². The van der Waals surface area contributed by atoms with Crippen molar-refractivity contribution in [2.24, 2.45) is 5.73 Å². The highest BCUT2D eigenvalue weighted by Gasteiger charge is 2.32. The number of piperazine rings is 1. The van der Waals surface area contributed by atoms with E-state index in [-0.39, 0.29) is 11.9 Å². The SMILES string of the molecule is Cc1cc(-c2ccc(S(=O)(=O)N3CCN(CC(C)N4C=CC=C[C@H]4C(N)=O)CC3)s2)on1. The van der Waals surface area contributed by atoms with E-state index in [9.17, 15) is 13.2 Å². The number of amides is 1. The normalized spacial score (nSPS) is 21.2. The number of hydrogen-bond acceptors (Lipinski definition) is 8. The molecule has 1 amide bonds. The van der Waals surface area contributed by atoms with Crippen LogP contribution in [-0.4, -0.2) is 78.4 Å². The van der Waals surface area contributed by atoms with E-state index in [2.05, 4.69) is 10.1 Å². The van der Waals surface area contributed by atoms with Crippen LogP contribution in [0.4, 0.5) is 0 Å². The fourth-order valence-electron chi connectivity index (χ4n) is 3.99. The van der Waals surface area contributed by atoms with Crippen LogP contribution in [0.2, 0.25) is 0 Å². The Labute approximate surface area is 191 Å². The largest absolute Gasteiger partial charge is 0.368 e. The third-order valence-electron chi connectivity index (χ3n) is 5.68. The number of aromatic nitrogens is 1. The molecule has 2 aliphatic rings. The molecule has 0 saturated carbocycles. The number of carbonyl (C=O) groups is 1. The van der Waals surface area contributed by atoms with Gasteiger partial charge in [0.05, 0.1) is 10.6 Å². The molecule has 0 aliphatic carbocycles. The van der Waals surface area contributed by atoms with Crippen LogP contribution in [0.15, 0.2) is 51.4 Å². The minimum Gasteiger partial charge on any atom is -0.368 e. The first-order valence-corrected chi connectivity index (χ1v) is 12.7. The van der Waals surface area contributed by atoms with Crippen LogP contribution >= 0.6 is 11.3 Å². The molecule has 2 atom stereocenters. The van der Waals surface area contributed by atoms with Gasteiger partial charge in [-0.25, -0.2) is 8.42 Å². The van der Waals surface area contributed by atoms with Crippen molar-refractivity contribution in [1.82, 2.24) is 19.3 Å². The van der Waals surface area contributed by atoms with Crippen LogP contribution in [0.3, 0.4) is 0 Å². The van der Waals surface area contributed by atoms with Crippen LogP contribution in [0.25, 0.3) is 10.6 Å². The fraction of sp³-hybridized carbons (Fsp3) is 0.429. The van der Waals surface area contributed by atoms with Crippen molar-refractivity contribution in [1.29, 1.82) is 0 Å². The molecule has 2 aromatic rings. The molecule has 1 unspecified atom stereocenters. The quantitative estimate of drug-likeness (QED) is 0.645. The molecular weight excluding hydrogens is 450 g/mol. The summed E-state index contributed by atoms with van der Waals surface area (Å²) >= 11 is 1.19. The molecule has 4 heterocycles. The second-order valence-corrected chi connectivity index (χ2v) is 11.3. The van der Waals surface area contributed by atoms with Gasteiger partial charge in [0.2, 0.25) is 5.91 Å². The molecule has 11 heteroatoms. The summed E-state index contributed by atoms with van der Waals surface area (Å²) in [4.78, 5) is 16.7. The van der Waals surface area contributed by atoms with Gasteiger partial charge in [-0.15, -0.1) is 11.3 Å². The molecule has 2 N–H and O–H groups in total. The first kappa shape index (κ1) is 22.7. The molecular formula is C21H27N5O4S2. The summed E-state index contributed by atoms with van der Waals surface area (Å²) in [5.74, 6) is 0.188. The maximum absolute atomic E-state index is 13.1. The lowest BCUT2D eigenvalue weighted by Crippen LogP contribution is -2.54. The molecule has 2 aromatic heterocycles. The van der Waals surface area contributed by atoms with Crippen LogP contribution in [0, 0.1) is 6.92 Å². The second-order valence-electron chi connectivity index (χ2n) is 8.03. The van der Waals surface area contributed by atoms with Gasteiger partial charge in [0.15, 0.2) is 5.76 Å². The Bertz CT molecular complexity index is 1130. The minimum atomic E-state index is -3.56. The molecule has 172 valence electrons. The number of rotatable bonds is 7. The molecule has 2 aliphatic heterocycles. The van der Waals surface area contributed by atoms with Gasteiger partial charge in [-0.05, 0) is 32.1 Å². The molecule has 0 spiro atoms. The fourth-order valence-corrected chi connectivity index (χ4v) is 6.82. The monoisotopic (exact) mass is 477 g/mol. The standard InChI is InChI=1S/C21H27N5O4S2/c1-15-13-18(30-23-15)19-6-7-20(31-19)32(28,29)25-11-9-24(10-12-25)14-16(2)26-8-4-3-5-17(26)21(22)27/h3-8,13,16-17H,9-12,14H2,1-2H3,(H2,22,27)/t16?,17-/m0/s1. The second kappa shape index (κ2) is 9.18. The van der Waals surface area contributed by atoms with E-state index in [0.717, 1.165) is 10.6 Å². The predicted octanol–water partition coefficient (Wildman–Crippen LogP) is 1.65. The molecule has 0 aromatic carbocycles. The lowest BCUT2D eigenvalue weighted by Gasteiger charge is -2.39. The van der Waals surface area contributed by atoms with E-state index in [0.29, 0.717) is 42.7 Å². The number of carbonyl (C=O) groups excluding carboxylic acids is 1. The van der Waals surface area contributed by atoms with Crippen molar-refractivity contribution >= 4 is 27.3 Å². The molecule has 4 rings (SSSR count). The molecule has 1 fully saturated rings. The van der Waals surface area contributed by atoms with Crippen molar-refractivity contribution in [3.8, 4) is 10.6 Å². The average molecular weight is 478 g/mol. The lowest BCUT2D eigenvalue weighted by atomic mass is 10.1. The van der Waals surface area contributed by atoms with Crippen molar-refractivity contribution < 1.29 is 17.7 Å². The maximum Gasteiger partial charge on any atom is 0.252 e. The number of allylic oxidation sites excluding steroid dienone is 2. The van der Waals surface area contributed by atoms with Crippen molar-refractivity contribution in [3.05, 3.63) is 48.3 Å². The van der Waals surface area contributed by atoms with Crippen LogP contribution in [0.1, 0.15) is 12.6 Å². The van der Waals surface area contributed by atoms with Crippen LogP contribution < -0.4 is 5.73 Å². The van der Waals surface area contributed by atoms with Gasteiger partial charge in [0, 0.05) is 51.0 Å². The summed E-state index contributed by atoms with van der Waals surface area (Å²) in [7, 11) is -3.56. The minimum absolute atomic E-state index is 0.0575. The van der Waals surface area contributed by atoms with Gasteiger partial charge in [-0.2, -0.15) is 4.31 Å². The smallest absolute Gasteiger partial charge is 0.252 e. The van der Waals surface area contributed by atoms with Crippen molar-refractivity contribution in [2.75, 3.05) is 32.7 Å². The van der Waals surface area contributed by atoms with E-state index < -0.39 is 16.1 Å². The zero-order valence-corrected chi connectivity index (χ0v) is 19.7. The summed E-state index contributed by atoms with van der Waals surface area (Å²) in [5.41, 5.74) is 6.28. The van der Waals surface area contributed by atoms with E-state index in [1.165, 1.54) is 15.6 Å². The van der Waals surface area contributed by atoms with Gasteiger partial charge in [-0.1, -0.05) is 17.3 Å². The van der Waals surface area contributed by atoms with Crippen molar-refractivity contribution in [3.63, 3.8) is 0 Å². The Kier molecular flexibility index (Phi) is 6.52. The highest BCUT2D eigenvalue weighted by Crippen LogP contribution is 2.33. The summed E-state index contributed by atoms with van der Waals surface area (Å²) in [6.45, 7) is 6.66. The van der Waals surface area contributed by atoms with Crippen molar-refractivity contribution in [2.45, 2.75) is 30.1 Å². The third-order valence-corrected chi connectivity index (χ3v) is 9.15. The average Bonchev–Trinajstić information content (AvgIpc) is 3.43. The summed E-state index contributed by atoms with van der Waals surface area (Å²) in [6, 6.07) is 4.77. The molecule has 9 nitrogen and oxygen atoms in total. The van der Waals surface area contributed by atoms with Gasteiger partial charge >= 0.3 is 0 Å². The predicted molar refractivity (Wildman–Crippen MR) is 122 cm³/mol. The number of nitrogens with two attached hydrogens (primary N) is 1. The molecule has 1 saturated heterocycles. The summed E-state index contributed by atoms with van der Waals surface area (Å²) in [5, 5.41) is 3.86.